The summed E-state index contributed by atoms with van der Waals surface area (Å²) in [6.07, 6.45) is 1.98. The van der Waals surface area contributed by atoms with Crippen LogP contribution in [0.1, 0.15) is 36.3 Å². The van der Waals surface area contributed by atoms with Crippen LogP contribution < -0.4 is 5.56 Å². The highest BCUT2D eigenvalue weighted by Crippen LogP contribution is 2.19. The summed E-state index contributed by atoms with van der Waals surface area (Å²) in [5.74, 6) is 0. The van der Waals surface area contributed by atoms with Crippen molar-refractivity contribution >= 4 is 5.65 Å². The lowest BCUT2D eigenvalue weighted by molar-refractivity contribution is 0.168. The molecule has 1 unspecified atom stereocenters. The Morgan fingerprint density at radius 1 is 1.14 bits per heavy atom. The van der Waals surface area contributed by atoms with Crippen LogP contribution >= 0.6 is 0 Å². The molecule has 0 aliphatic carbocycles. The predicted octanol–water partition coefficient (Wildman–Crippen LogP) is 2.73. The first-order valence-electron chi connectivity index (χ1n) is 7.43. The molecule has 0 aliphatic rings. The maximum Gasteiger partial charge on any atom is 0.261 e. The van der Waals surface area contributed by atoms with Crippen LogP contribution in [0.2, 0.25) is 0 Å². The third-order valence-corrected chi connectivity index (χ3v) is 3.79. The van der Waals surface area contributed by atoms with Gasteiger partial charge in [-0.1, -0.05) is 43.3 Å². The number of rotatable bonds is 4. The van der Waals surface area contributed by atoms with Crippen LogP contribution in [0.25, 0.3) is 5.65 Å². The molecule has 112 valence electrons. The number of hydrogen-bond acceptors (Lipinski definition) is 3. The van der Waals surface area contributed by atoms with Gasteiger partial charge < -0.3 is 5.11 Å². The molecule has 0 spiro atoms. The molecule has 1 atom stereocenters. The monoisotopic (exact) mass is 294 g/mol. The minimum absolute atomic E-state index is 0.114. The molecule has 0 saturated carbocycles. The molecule has 4 heteroatoms. The number of pyridine rings is 1. The fourth-order valence-corrected chi connectivity index (χ4v) is 2.58. The van der Waals surface area contributed by atoms with E-state index in [-0.39, 0.29) is 5.56 Å². The van der Waals surface area contributed by atoms with E-state index in [1.807, 2.05) is 43.3 Å². The smallest absolute Gasteiger partial charge is 0.261 e. The fourth-order valence-electron chi connectivity index (χ4n) is 2.58. The van der Waals surface area contributed by atoms with Gasteiger partial charge in [-0.15, -0.1) is 0 Å². The molecule has 0 bridgehead atoms. The summed E-state index contributed by atoms with van der Waals surface area (Å²) in [6, 6.07) is 15.2. The second kappa shape index (κ2) is 6.12. The topological polar surface area (TPSA) is 54.6 Å². The molecule has 4 nitrogen and oxygen atoms in total. The van der Waals surface area contributed by atoms with Crippen molar-refractivity contribution in [3.8, 4) is 0 Å². The minimum atomic E-state index is -0.725. The molecule has 3 aromatic rings. The molecule has 1 aromatic carbocycles. The van der Waals surface area contributed by atoms with Gasteiger partial charge >= 0.3 is 0 Å². The van der Waals surface area contributed by atoms with Crippen molar-refractivity contribution in [2.24, 2.45) is 0 Å². The molecule has 0 radical (unpaired) electrons. The van der Waals surface area contributed by atoms with Crippen LogP contribution in [0.15, 0.2) is 59.5 Å². The molecule has 0 aliphatic heterocycles. The van der Waals surface area contributed by atoms with Gasteiger partial charge in [0.05, 0.1) is 11.8 Å². The van der Waals surface area contributed by atoms with E-state index in [2.05, 4.69) is 4.98 Å². The molecule has 2 aromatic heterocycles. The summed E-state index contributed by atoms with van der Waals surface area (Å²) in [5, 5.41) is 10.3. The Labute approximate surface area is 128 Å². The highest BCUT2D eigenvalue weighted by molar-refractivity contribution is 5.42. The molecule has 22 heavy (non-hydrogen) atoms. The Morgan fingerprint density at radius 3 is 2.59 bits per heavy atom. The first-order valence-corrected chi connectivity index (χ1v) is 7.43. The molecule has 2 heterocycles. The standard InChI is InChI=1S/C18H18N2O2/c1-2-15(21)17-14(12-13-8-4-3-5-9-13)18(22)20-11-7-6-10-16(20)19-17/h3-11,15,21H,2,12H2,1H3. The molecular weight excluding hydrogens is 276 g/mol. The number of benzene rings is 1. The Kier molecular flexibility index (Phi) is 4.02. The third kappa shape index (κ3) is 2.65. The Hall–Kier alpha value is -2.46. The van der Waals surface area contributed by atoms with Crippen LogP contribution in [-0.4, -0.2) is 14.5 Å². The molecular formula is C18H18N2O2. The van der Waals surface area contributed by atoms with E-state index in [1.165, 1.54) is 4.40 Å². The second-order valence-electron chi connectivity index (χ2n) is 5.30. The second-order valence-corrected chi connectivity index (χ2v) is 5.30. The molecule has 0 saturated heterocycles. The zero-order chi connectivity index (χ0) is 15.5. The van der Waals surface area contributed by atoms with E-state index in [4.69, 9.17) is 0 Å². The van der Waals surface area contributed by atoms with Crippen LogP contribution in [0.3, 0.4) is 0 Å². The van der Waals surface area contributed by atoms with Crippen LogP contribution in [0.4, 0.5) is 0 Å². The number of nitrogens with zero attached hydrogens (tertiary/aromatic N) is 2. The van der Waals surface area contributed by atoms with Crippen LogP contribution in [0.5, 0.6) is 0 Å². The summed E-state index contributed by atoms with van der Waals surface area (Å²) in [4.78, 5) is 17.3. The van der Waals surface area contributed by atoms with Gasteiger partial charge in [0, 0.05) is 18.2 Å². The van der Waals surface area contributed by atoms with Crippen molar-refractivity contribution in [1.82, 2.24) is 9.38 Å². The summed E-state index contributed by atoms with van der Waals surface area (Å²) in [5.41, 5.74) is 2.53. The van der Waals surface area contributed by atoms with Gasteiger partial charge in [-0.2, -0.15) is 0 Å². The summed E-state index contributed by atoms with van der Waals surface area (Å²) in [6.45, 7) is 1.88. The van der Waals surface area contributed by atoms with Crippen molar-refractivity contribution in [3.05, 3.63) is 81.9 Å². The van der Waals surface area contributed by atoms with Gasteiger partial charge in [0.1, 0.15) is 5.65 Å². The van der Waals surface area contributed by atoms with E-state index < -0.39 is 6.10 Å². The SMILES string of the molecule is CCC(O)c1nc2ccccn2c(=O)c1Cc1ccccc1. The van der Waals surface area contributed by atoms with Crippen molar-refractivity contribution in [1.29, 1.82) is 0 Å². The highest BCUT2D eigenvalue weighted by Gasteiger charge is 2.18. The van der Waals surface area contributed by atoms with E-state index in [1.54, 1.807) is 18.3 Å². The lowest BCUT2D eigenvalue weighted by atomic mass is 10.0. The molecule has 1 N–H and O–H groups in total. The first-order chi connectivity index (χ1) is 10.7. The lowest BCUT2D eigenvalue weighted by Crippen LogP contribution is -2.24. The highest BCUT2D eigenvalue weighted by atomic mass is 16.3. The maximum absolute atomic E-state index is 12.8. The van der Waals surface area contributed by atoms with Gasteiger partial charge in [0.15, 0.2) is 0 Å². The summed E-state index contributed by atoms with van der Waals surface area (Å²) >= 11 is 0. The lowest BCUT2D eigenvalue weighted by Gasteiger charge is -2.14. The number of hydrogen-bond donors (Lipinski definition) is 1. The average Bonchev–Trinajstić information content (AvgIpc) is 2.57. The Balaban J connectivity index is 2.21. The molecule has 0 amide bonds. The summed E-state index contributed by atoms with van der Waals surface area (Å²) < 4.78 is 1.53. The number of fused-ring (bicyclic) bond motifs is 1. The zero-order valence-corrected chi connectivity index (χ0v) is 12.4. The first kappa shape index (κ1) is 14.5. The van der Waals surface area contributed by atoms with Gasteiger partial charge in [-0.3, -0.25) is 9.20 Å². The fraction of sp³-hybridized carbons (Fsp3) is 0.222. The van der Waals surface area contributed by atoms with Crippen LogP contribution in [-0.2, 0) is 6.42 Å². The Bertz CT molecular complexity index is 841. The van der Waals surface area contributed by atoms with Crippen molar-refractivity contribution in [2.45, 2.75) is 25.9 Å². The maximum atomic E-state index is 12.8. The van der Waals surface area contributed by atoms with Crippen LogP contribution in [0, 0.1) is 0 Å². The number of aliphatic hydroxyl groups excluding tert-OH is 1. The van der Waals surface area contributed by atoms with Gasteiger partial charge in [0.25, 0.3) is 5.56 Å². The van der Waals surface area contributed by atoms with Gasteiger partial charge in [-0.05, 0) is 24.1 Å². The van der Waals surface area contributed by atoms with E-state index in [0.29, 0.717) is 29.7 Å². The van der Waals surface area contributed by atoms with E-state index in [0.717, 1.165) is 5.56 Å². The molecule has 3 rings (SSSR count). The average molecular weight is 294 g/mol. The van der Waals surface area contributed by atoms with Gasteiger partial charge in [-0.25, -0.2) is 4.98 Å². The predicted molar refractivity (Wildman–Crippen MR) is 86.0 cm³/mol. The summed E-state index contributed by atoms with van der Waals surface area (Å²) in [7, 11) is 0. The quantitative estimate of drug-likeness (QED) is 0.805. The van der Waals surface area contributed by atoms with Crippen molar-refractivity contribution in [2.75, 3.05) is 0 Å². The number of aromatic nitrogens is 2. The van der Waals surface area contributed by atoms with Crippen molar-refractivity contribution < 1.29 is 5.11 Å². The van der Waals surface area contributed by atoms with Gasteiger partial charge in [0.2, 0.25) is 0 Å². The zero-order valence-electron chi connectivity index (χ0n) is 12.4. The third-order valence-electron chi connectivity index (χ3n) is 3.79. The van der Waals surface area contributed by atoms with Crippen molar-refractivity contribution in [3.63, 3.8) is 0 Å². The van der Waals surface area contributed by atoms with E-state index >= 15 is 0 Å². The largest absolute Gasteiger partial charge is 0.387 e. The Morgan fingerprint density at radius 2 is 1.86 bits per heavy atom. The minimum Gasteiger partial charge on any atom is -0.387 e. The number of aliphatic hydroxyl groups is 1. The van der Waals surface area contributed by atoms with E-state index in [9.17, 15) is 9.90 Å². The molecule has 0 fully saturated rings. The normalized spacial score (nSPS) is 12.5.